The van der Waals surface area contributed by atoms with E-state index in [1.807, 2.05) is 7.05 Å². The van der Waals surface area contributed by atoms with E-state index < -0.39 is 0 Å². The molecule has 2 N–H and O–H groups in total. The summed E-state index contributed by atoms with van der Waals surface area (Å²) in [5.74, 6) is 1.70. The number of aromatic nitrogens is 1. The monoisotopic (exact) mass is 507 g/mol. The number of hydrogen-bond donors (Lipinski definition) is 2. The molecule has 0 unspecified atom stereocenters. The molecule has 1 fully saturated rings. The molecule has 7 heteroatoms. The summed E-state index contributed by atoms with van der Waals surface area (Å²) in [6, 6.07) is 0. The second-order valence-corrected chi connectivity index (χ2v) is 8.19. The molecule has 0 radical (unpaired) electrons. The fourth-order valence-corrected chi connectivity index (χ4v) is 4.12. The van der Waals surface area contributed by atoms with Crippen LogP contribution in [-0.2, 0) is 13.0 Å². The summed E-state index contributed by atoms with van der Waals surface area (Å²) in [5, 5.41) is 10.4. The van der Waals surface area contributed by atoms with Crippen LogP contribution in [0.4, 0.5) is 0 Å². The second-order valence-electron chi connectivity index (χ2n) is 7.25. The fourth-order valence-electron chi connectivity index (χ4n) is 3.38. The van der Waals surface area contributed by atoms with Crippen LogP contribution in [0.1, 0.15) is 63.1 Å². The van der Waals surface area contributed by atoms with E-state index in [0.717, 1.165) is 37.9 Å². The van der Waals surface area contributed by atoms with Gasteiger partial charge in [0.15, 0.2) is 5.96 Å². The van der Waals surface area contributed by atoms with Gasteiger partial charge < -0.3 is 10.6 Å². The lowest BCUT2D eigenvalue weighted by Crippen LogP contribution is -2.43. The predicted molar refractivity (Wildman–Crippen MR) is 128 cm³/mol. The Morgan fingerprint density at radius 1 is 1.22 bits per heavy atom. The summed E-state index contributed by atoms with van der Waals surface area (Å²) in [4.78, 5) is 11.6. The van der Waals surface area contributed by atoms with Crippen molar-refractivity contribution in [1.29, 1.82) is 0 Å². The first-order valence-corrected chi connectivity index (χ1v) is 11.2. The van der Waals surface area contributed by atoms with Crippen molar-refractivity contribution < 1.29 is 0 Å². The Morgan fingerprint density at radius 3 is 2.63 bits per heavy atom. The number of unbranched alkanes of at least 4 members (excludes halogenated alkanes) is 3. The number of rotatable bonds is 10. The highest BCUT2D eigenvalue weighted by Crippen LogP contribution is 2.19. The van der Waals surface area contributed by atoms with E-state index >= 15 is 0 Å². The first kappa shape index (κ1) is 24.6. The van der Waals surface area contributed by atoms with E-state index in [-0.39, 0.29) is 24.0 Å². The van der Waals surface area contributed by atoms with Gasteiger partial charge in [-0.3, -0.25) is 9.89 Å². The van der Waals surface area contributed by atoms with Gasteiger partial charge in [0.25, 0.3) is 0 Å². The lowest BCUT2D eigenvalue weighted by molar-refractivity contribution is 0.176. The number of hydrogen-bond acceptors (Lipinski definition) is 4. The minimum atomic E-state index is 0. The minimum absolute atomic E-state index is 0. The molecule has 0 amide bonds. The Balaban J connectivity index is 0.00000364. The van der Waals surface area contributed by atoms with Crippen molar-refractivity contribution in [1.82, 2.24) is 20.5 Å². The van der Waals surface area contributed by atoms with Gasteiger partial charge in [0.1, 0.15) is 0 Å². The second kappa shape index (κ2) is 14.6. The van der Waals surface area contributed by atoms with Gasteiger partial charge in [-0.2, -0.15) is 0 Å². The molecule has 0 atom stereocenters. The van der Waals surface area contributed by atoms with Gasteiger partial charge >= 0.3 is 0 Å². The maximum Gasteiger partial charge on any atom is 0.190 e. The molecule has 0 aliphatic carbocycles. The summed E-state index contributed by atoms with van der Waals surface area (Å²) in [5.41, 5.74) is 1.25. The maximum absolute atomic E-state index is 4.70. The number of guanidine groups is 1. The molecule has 0 saturated carbocycles. The molecule has 2 heterocycles. The van der Waals surface area contributed by atoms with Crippen molar-refractivity contribution in [2.75, 3.05) is 33.2 Å². The molecule has 27 heavy (non-hydrogen) atoms. The van der Waals surface area contributed by atoms with Crippen LogP contribution in [0.2, 0.25) is 0 Å². The fraction of sp³-hybridized carbons (Fsp3) is 0.800. The van der Waals surface area contributed by atoms with Crippen LogP contribution in [0.15, 0.2) is 10.4 Å². The van der Waals surface area contributed by atoms with Crippen molar-refractivity contribution in [3.63, 3.8) is 0 Å². The Bertz CT molecular complexity index is 526. The largest absolute Gasteiger partial charge is 0.356 e. The van der Waals surface area contributed by atoms with E-state index in [9.17, 15) is 0 Å². The third-order valence-electron chi connectivity index (χ3n) is 5.10. The third-order valence-corrected chi connectivity index (χ3v) is 6.14. The first-order valence-electron chi connectivity index (χ1n) is 10.3. The zero-order valence-electron chi connectivity index (χ0n) is 17.3. The van der Waals surface area contributed by atoms with Gasteiger partial charge in [0.2, 0.25) is 0 Å². The van der Waals surface area contributed by atoms with E-state index in [1.165, 1.54) is 62.3 Å². The van der Waals surface area contributed by atoms with E-state index in [2.05, 4.69) is 39.8 Å². The molecule has 1 aliphatic heterocycles. The highest BCUT2D eigenvalue weighted by Gasteiger charge is 2.20. The van der Waals surface area contributed by atoms with Crippen molar-refractivity contribution in [2.45, 2.75) is 65.3 Å². The van der Waals surface area contributed by atoms with Crippen LogP contribution in [0.3, 0.4) is 0 Å². The van der Waals surface area contributed by atoms with Gasteiger partial charge in [-0.1, -0.05) is 33.1 Å². The quantitative estimate of drug-likeness (QED) is 0.215. The molecule has 1 aromatic heterocycles. The molecule has 156 valence electrons. The SMILES string of the molecule is CCCCCCNC(=NC)NCC1CCN(Cc2csc(CC)n2)CC1.I. The average molecular weight is 508 g/mol. The van der Waals surface area contributed by atoms with Crippen LogP contribution in [0, 0.1) is 5.92 Å². The third kappa shape index (κ3) is 9.56. The van der Waals surface area contributed by atoms with E-state index in [1.54, 1.807) is 11.3 Å². The number of halogens is 1. The predicted octanol–water partition coefficient (Wildman–Crippen LogP) is 4.28. The number of nitrogens with one attached hydrogen (secondary N) is 2. The topological polar surface area (TPSA) is 52.6 Å². The summed E-state index contributed by atoms with van der Waals surface area (Å²) in [6.07, 6.45) is 8.70. The molecular formula is C20H38IN5S. The molecule has 5 nitrogen and oxygen atoms in total. The molecule has 2 rings (SSSR count). The molecule has 1 aromatic rings. The van der Waals surface area contributed by atoms with Gasteiger partial charge in [-0.05, 0) is 44.7 Å². The summed E-state index contributed by atoms with van der Waals surface area (Å²) in [7, 11) is 1.86. The number of piperidine rings is 1. The highest BCUT2D eigenvalue weighted by atomic mass is 127. The highest BCUT2D eigenvalue weighted by molar-refractivity contribution is 14.0. The van der Waals surface area contributed by atoms with Crippen molar-refractivity contribution in [3.05, 3.63) is 16.1 Å². The normalized spacial score (nSPS) is 16.2. The Morgan fingerprint density at radius 2 is 2.00 bits per heavy atom. The zero-order valence-corrected chi connectivity index (χ0v) is 20.4. The zero-order chi connectivity index (χ0) is 18.6. The molecule has 0 spiro atoms. The molecule has 1 aliphatic rings. The average Bonchev–Trinajstić information content (AvgIpc) is 3.13. The summed E-state index contributed by atoms with van der Waals surface area (Å²) in [6.45, 7) is 9.83. The van der Waals surface area contributed by atoms with Crippen LogP contribution in [0.5, 0.6) is 0 Å². The molecule has 1 saturated heterocycles. The van der Waals surface area contributed by atoms with Crippen molar-refractivity contribution in [3.8, 4) is 0 Å². The minimum Gasteiger partial charge on any atom is -0.356 e. The van der Waals surface area contributed by atoms with E-state index in [0.29, 0.717) is 0 Å². The van der Waals surface area contributed by atoms with Gasteiger partial charge in [0, 0.05) is 32.1 Å². The smallest absolute Gasteiger partial charge is 0.190 e. The number of likely N-dealkylation sites (tertiary alicyclic amines) is 1. The van der Waals surface area contributed by atoms with Crippen molar-refractivity contribution >= 4 is 41.3 Å². The number of aliphatic imine (C=N–C) groups is 1. The van der Waals surface area contributed by atoms with Gasteiger partial charge in [0.05, 0.1) is 10.7 Å². The van der Waals surface area contributed by atoms with Gasteiger partial charge in [-0.25, -0.2) is 4.98 Å². The first-order chi connectivity index (χ1) is 12.7. The Kier molecular flexibility index (Phi) is 13.3. The van der Waals surface area contributed by atoms with Crippen LogP contribution >= 0.6 is 35.3 Å². The molecule has 0 bridgehead atoms. The summed E-state index contributed by atoms with van der Waals surface area (Å²) >= 11 is 1.80. The van der Waals surface area contributed by atoms with Crippen LogP contribution < -0.4 is 10.6 Å². The maximum atomic E-state index is 4.70. The Hall–Kier alpha value is -0.410. The van der Waals surface area contributed by atoms with Crippen LogP contribution in [-0.4, -0.2) is 49.1 Å². The molecule has 0 aromatic carbocycles. The lowest BCUT2D eigenvalue weighted by atomic mass is 9.97. The summed E-state index contributed by atoms with van der Waals surface area (Å²) < 4.78 is 0. The molecular weight excluding hydrogens is 469 g/mol. The van der Waals surface area contributed by atoms with Gasteiger partial charge in [-0.15, -0.1) is 35.3 Å². The lowest BCUT2D eigenvalue weighted by Gasteiger charge is -2.31. The standard InChI is InChI=1S/C20H37N5S.HI/c1-4-6-7-8-11-22-20(21-3)23-14-17-9-12-25(13-10-17)15-18-16-26-19(5-2)24-18;/h16-17H,4-15H2,1-3H3,(H2,21,22,23);1H. The number of aryl methyl sites for hydroxylation is 1. The van der Waals surface area contributed by atoms with E-state index in [4.69, 9.17) is 4.98 Å². The number of thiazole rings is 1. The van der Waals surface area contributed by atoms with Crippen LogP contribution in [0.25, 0.3) is 0 Å². The number of nitrogens with zero attached hydrogens (tertiary/aromatic N) is 3. The van der Waals surface area contributed by atoms with Crippen molar-refractivity contribution in [2.24, 2.45) is 10.9 Å². The Labute approximate surface area is 186 Å².